The van der Waals surface area contributed by atoms with E-state index in [1.54, 1.807) is 37.6 Å². The van der Waals surface area contributed by atoms with Crippen molar-refractivity contribution in [2.24, 2.45) is 5.10 Å². The number of piperidine rings is 2. The second kappa shape index (κ2) is 12.9. The standard InChI is InChI=1S/C28H33ClFN7O2/c1-38-24-12-11-20(17-25(24)39-19-21-22(29)9-8-10-23(21)30)18-31-35-26-32-27(36-13-4-2-5-14-36)34-28(33-26)37-15-6-3-7-16-37/h8-12,17-18H,2-7,13-16,19H2,1H3,(H,32,33,34,35)/b31-18+. The summed E-state index contributed by atoms with van der Waals surface area (Å²) in [7, 11) is 1.55. The Morgan fingerprint density at radius 2 is 1.59 bits per heavy atom. The van der Waals surface area contributed by atoms with Crippen LogP contribution in [0.15, 0.2) is 41.5 Å². The van der Waals surface area contributed by atoms with Crippen molar-refractivity contribution >= 4 is 35.7 Å². The van der Waals surface area contributed by atoms with Crippen molar-refractivity contribution < 1.29 is 13.9 Å². The third-order valence-electron chi connectivity index (χ3n) is 6.89. The molecular weight excluding hydrogens is 521 g/mol. The maximum Gasteiger partial charge on any atom is 0.250 e. The average molecular weight is 554 g/mol. The van der Waals surface area contributed by atoms with Gasteiger partial charge in [0, 0.05) is 31.7 Å². The van der Waals surface area contributed by atoms with Gasteiger partial charge in [-0.05, 0) is 74.4 Å². The molecule has 0 spiro atoms. The van der Waals surface area contributed by atoms with Crippen LogP contribution in [0, 0.1) is 5.82 Å². The number of halogens is 2. The maximum atomic E-state index is 14.2. The molecule has 11 heteroatoms. The molecule has 39 heavy (non-hydrogen) atoms. The van der Waals surface area contributed by atoms with Gasteiger partial charge in [0.2, 0.25) is 17.8 Å². The monoisotopic (exact) mass is 553 g/mol. The summed E-state index contributed by atoms with van der Waals surface area (Å²) in [6.45, 7) is 3.74. The van der Waals surface area contributed by atoms with Crippen molar-refractivity contribution in [1.82, 2.24) is 15.0 Å². The Bertz CT molecular complexity index is 1240. The van der Waals surface area contributed by atoms with Gasteiger partial charge in [0.1, 0.15) is 12.4 Å². The second-order valence-electron chi connectivity index (χ2n) is 9.62. The molecule has 0 radical (unpaired) electrons. The van der Waals surface area contributed by atoms with Crippen molar-refractivity contribution in [2.45, 2.75) is 45.1 Å². The third-order valence-corrected chi connectivity index (χ3v) is 7.24. The number of methoxy groups -OCH3 is 1. The molecule has 1 N–H and O–H groups in total. The molecule has 2 aliphatic rings. The van der Waals surface area contributed by atoms with E-state index in [1.807, 2.05) is 6.07 Å². The van der Waals surface area contributed by atoms with E-state index < -0.39 is 5.82 Å². The van der Waals surface area contributed by atoms with Crippen molar-refractivity contribution in [3.63, 3.8) is 0 Å². The zero-order valence-corrected chi connectivity index (χ0v) is 22.8. The van der Waals surface area contributed by atoms with Gasteiger partial charge in [-0.2, -0.15) is 20.1 Å². The number of hydrogen-bond donors (Lipinski definition) is 1. The number of ether oxygens (including phenoxy) is 2. The lowest BCUT2D eigenvalue weighted by Gasteiger charge is -2.30. The van der Waals surface area contributed by atoms with Crippen LogP contribution in [0.1, 0.15) is 49.7 Å². The first-order valence-electron chi connectivity index (χ1n) is 13.4. The molecule has 3 aromatic rings. The number of benzene rings is 2. The molecule has 0 aliphatic carbocycles. The lowest BCUT2D eigenvalue weighted by atomic mass is 10.1. The summed E-state index contributed by atoms with van der Waals surface area (Å²) in [6, 6.07) is 9.92. The van der Waals surface area contributed by atoms with Crippen LogP contribution in [0.4, 0.5) is 22.2 Å². The van der Waals surface area contributed by atoms with Crippen molar-refractivity contribution in [2.75, 3.05) is 48.5 Å². The topological polar surface area (TPSA) is 88.0 Å². The number of nitrogens with one attached hydrogen (secondary N) is 1. The van der Waals surface area contributed by atoms with Crippen LogP contribution in [0.2, 0.25) is 5.02 Å². The first-order chi connectivity index (χ1) is 19.1. The molecule has 9 nitrogen and oxygen atoms in total. The molecule has 5 rings (SSSR count). The average Bonchev–Trinajstić information content (AvgIpc) is 2.98. The Morgan fingerprint density at radius 3 is 2.21 bits per heavy atom. The predicted molar refractivity (Wildman–Crippen MR) is 152 cm³/mol. The first kappa shape index (κ1) is 26.9. The third kappa shape index (κ3) is 6.86. The highest BCUT2D eigenvalue weighted by atomic mass is 35.5. The lowest BCUT2D eigenvalue weighted by Crippen LogP contribution is -2.34. The van der Waals surface area contributed by atoms with Crippen LogP contribution in [-0.4, -0.2) is 54.5 Å². The number of hydrogen-bond acceptors (Lipinski definition) is 9. The van der Waals surface area contributed by atoms with Gasteiger partial charge >= 0.3 is 0 Å². The molecule has 0 bridgehead atoms. The van der Waals surface area contributed by atoms with Gasteiger partial charge in [-0.3, -0.25) is 0 Å². The highest BCUT2D eigenvalue weighted by molar-refractivity contribution is 6.31. The van der Waals surface area contributed by atoms with Gasteiger partial charge in [-0.25, -0.2) is 9.82 Å². The summed E-state index contributed by atoms with van der Waals surface area (Å²) in [6.07, 6.45) is 8.65. The molecular formula is C28H33ClFN7O2. The van der Waals surface area contributed by atoms with Gasteiger partial charge in [0.25, 0.3) is 0 Å². The molecule has 0 atom stereocenters. The van der Waals surface area contributed by atoms with E-state index in [9.17, 15) is 4.39 Å². The largest absolute Gasteiger partial charge is 0.493 e. The quantitative estimate of drug-likeness (QED) is 0.267. The highest BCUT2D eigenvalue weighted by Gasteiger charge is 2.20. The molecule has 1 aromatic heterocycles. The molecule has 0 unspecified atom stereocenters. The number of hydrazone groups is 1. The van der Waals surface area contributed by atoms with E-state index >= 15 is 0 Å². The minimum Gasteiger partial charge on any atom is -0.493 e. The van der Waals surface area contributed by atoms with Gasteiger partial charge in [0.15, 0.2) is 11.5 Å². The number of anilines is 3. The van der Waals surface area contributed by atoms with Crippen LogP contribution in [0.5, 0.6) is 11.5 Å². The Kier molecular flexibility index (Phi) is 8.93. The Morgan fingerprint density at radius 1 is 0.923 bits per heavy atom. The van der Waals surface area contributed by atoms with Crippen LogP contribution < -0.4 is 24.7 Å². The number of nitrogens with zero attached hydrogens (tertiary/aromatic N) is 6. The van der Waals surface area contributed by atoms with E-state index in [1.165, 1.54) is 18.9 Å². The fourth-order valence-electron chi connectivity index (χ4n) is 4.75. The molecule has 2 aromatic carbocycles. The van der Waals surface area contributed by atoms with E-state index in [-0.39, 0.29) is 12.2 Å². The van der Waals surface area contributed by atoms with Crippen molar-refractivity contribution in [1.29, 1.82) is 0 Å². The molecule has 2 aliphatic heterocycles. The zero-order chi connectivity index (χ0) is 27.0. The lowest BCUT2D eigenvalue weighted by molar-refractivity contribution is 0.280. The molecule has 2 fully saturated rings. The molecule has 0 saturated carbocycles. The predicted octanol–water partition coefficient (Wildman–Crippen LogP) is 5.68. The van der Waals surface area contributed by atoms with Gasteiger partial charge in [-0.1, -0.05) is 17.7 Å². The minimum atomic E-state index is -0.423. The smallest absolute Gasteiger partial charge is 0.250 e. The summed E-state index contributed by atoms with van der Waals surface area (Å²) in [5, 5.41) is 4.69. The van der Waals surface area contributed by atoms with Crippen LogP contribution in [0.25, 0.3) is 0 Å². The summed E-state index contributed by atoms with van der Waals surface area (Å²) >= 11 is 6.15. The molecule has 2 saturated heterocycles. The molecule has 206 valence electrons. The highest BCUT2D eigenvalue weighted by Crippen LogP contribution is 2.30. The van der Waals surface area contributed by atoms with Gasteiger partial charge in [0.05, 0.1) is 18.3 Å². The molecule has 0 amide bonds. The van der Waals surface area contributed by atoms with E-state index in [0.29, 0.717) is 34.4 Å². The van der Waals surface area contributed by atoms with Gasteiger partial charge in [-0.15, -0.1) is 0 Å². The Labute approximate surface area is 233 Å². The number of rotatable bonds is 9. The van der Waals surface area contributed by atoms with Crippen LogP contribution in [-0.2, 0) is 6.61 Å². The van der Waals surface area contributed by atoms with Gasteiger partial charge < -0.3 is 19.3 Å². The summed E-state index contributed by atoms with van der Waals surface area (Å²) in [5.74, 6) is 2.32. The number of aromatic nitrogens is 3. The Balaban J connectivity index is 1.32. The second-order valence-corrected chi connectivity index (χ2v) is 10.0. The summed E-state index contributed by atoms with van der Waals surface area (Å²) in [5.41, 5.74) is 4.02. The van der Waals surface area contributed by atoms with Crippen LogP contribution >= 0.6 is 11.6 Å². The van der Waals surface area contributed by atoms with E-state index in [4.69, 9.17) is 26.1 Å². The van der Waals surface area contributed by atoms with E-state index in [0.717, 1.165) is 57.4 Å². The molecule has 3 heterocycles. The SMILES string of the molecule is COc1ccc(/C=N/Nc2nc(N3CCCCC3)nc(N3CCCCC3)n2)cc1OCc1c(F)cccc1Cl. The fourth-order valence-corrected chi connectivity index (χ4v) is 4.96. The first-order valence-corrected chi connectivity index (χ1v) is 13.8. The summed E-state index contributed by atoms with van der Waals surface area (Å²) < 4.78 is 25.5. The Hall–Kier alpha value is -3.66. The fraction of sp³-hybridized carbons (Fsp3) is 0.429. The summed E-state index contributed by atoms with van der Waals surface area (Å²) in [4.78, 5) is 18.6. The van der Waals surface area contributed by atoms with Crippen molar-refractivity contribution in [3.05, 3.63) is 58.4 Å². The minimum absolute atomic E-state index is 0.0376. The normalized spacial score (nSPS) is 16.0. The van der Waals surface area contributed by atoms with E-state index in [2.05, 4.69) is 30.3 Å². The maximum absolute atomic E-state index is 14.2. The van der Waals surface area contributed by atoms with Crippen molar-refractivity contribution in [3.8, 4) is 11.5 Å². The zero-order valence-electron chi connectivity index (χ0n) is 22.1. The van der Waals surface area contributed by atoms with Crippen LogP contribution in [0.3, 0.4) is 0 Å².